The molecular formula is C38H39N5O5. The zero-order chi connectivity index (χ0) is 32.9. The number of ether oxygens (including phenoxy) is 5. The maximum atomic E-state index is 9.68. The van der Waals surface area contributed by atoms with Crippen molar-refractivity contribution in [2.45, 2.75) is 58.5 Å². The average Bonchev–Trinajstić information content (AvgIpc) is 3.44. The molecule has 0 amide bonds. The van der Waals surface area contributed by atoms with E-state index in [1.807, 2.05) is 24.3 Å². The Bertz CT molecular complexity index is 1960. The van der Waals surface area contributed by atoms with Crippen LogP contribution in [0.3, 0.4) is 0 Å². The van der Waals surface area contributed by atoms with Crippen molar-refractivity contribution in [3.05, 3.63) is 100 Å². The molecule has 5 heterocycles. The van der Waals surface area contributed by atoms with Crippen LogP contribution in [0.25, 0.3) is 22.3 Å². The van der Waals surface area contributed by atoms with E-state index in [-0.39, 0.29) is 12.7 Å². The fraction of sp³-hybridized carbons (Fsp3) is 0.368. The van der Waals surface area contributed by atoms with Gasteiger partial charge in [-0.1, -0.05) is 25.1 Å². The quantitative estimate of drug-likeness (QED) is 0.179. The summed E-state index contributed by atoms with van der Waals surface area (Å²) >= 11 is 0. The van der Waals surface area contributed by atoms with E-state index < -0.39 is 0 Å². The third-order valence-electron chi connectivity index (χ3n) is 8.93. The third-order valence-corrected chi connectivity index (χ3v) is 8.93. The summed E-state index contributed by atoms with van der Waals surface area (Å²) in [6, 6.07) is 22.4. The zero-order valence-corrected chi connectivity index (χ0v) is 27.4. The van der Waals surface area contributed by atoms with E-state index in [4.69, 9.17) is 38.6 Å². The van der Waals surface area contributed by atoms with Crippen LogP contribution in [-0.2, 0) is 53.2 Å². The Morgan fingerprint density at radius 3 is 2.73 bits per heavy atom. The summed E-state index contributed by atoms with van der Waals surface area (Å²) in [6.07, 6.45) is 3.18. The number of aryl methyl sites for hydroxylation is 1. The fourth-order valence-electron chi connectivity index (χ4n) is 6.15. The Morgan fingerprint density at radius 2 is 1.92 bits per heavy atom. The predicted molar refractivity (Wildman–Crippen MR) is 180 cm³/mol. The number of benzene rings is 2. The van der Waals surface area contributed by atoms with Gasteiger partial charge in [0.2, 0.25) is 5.88 Å². The topological polar surface area (TPSA) is 114 Å². The van der Waals surface area contributed by atoms with Crippen LogP contribution >= 0.6 is 0 Å². The van der Waals surface area contributed by atoms with Crippen molar-refractivity contribution in [2.24, 2.45) is 0 Å². The second kappa shape index (κ2) is 14.5. The molecule has 48 heavy (non-hydrogen) atoms. The Balaban J connectivity index is 1.26. The summed E-state index contributed by atoms with van der Waals surface area (Å²) in [5, 5.41) is 9.68. The molecule has 3 aromatic heterocycles. The molecule has 0 spiro atoms. The van der Waals surface area contributed by atoms with Gasteiger partial charge >= 0.3 is 0 Å². The minimum Gasteiger partial charge on any atom is -0.489 e. The molecule has 1 saturated heterocycles. The summed E-state index contributed by atoms with van der Waals surface area (Å²) < 4.78 is 32.0. The van der Waals surface area contributed by atoms with Crippen LogP contribution < -0.4 is 9.47 Å². The van der Waals surface area contributed by atoms with Gasteiger partial charge in [-0.2, -0.15) is 5.26 Å². The number of fused-ring (bicyclic) bond motifs is 8. The lowest BCUT2D eigenvalue weighted by atomic mass is 9.99. The molecule has 1 fully saturated rings. The van der Waals surface area contributed by atoms with E-state index in [0.29, 0.717) is 56.4 Å². The highest BCUT2D eigenvalue weighted by Gasteiger charge is 2.24. The maximum absolute atomic E-state index is 9.68. The van der Waals surface area contributed by atoms with E-state index in [9.17, 15) is 5.26 Å². The van der Waals surface area contributed by atoms with Gasteiger partial charge in [0.15, 0.2) is 0 Å². The number of nitriles is 1. The molecule has 5 aromatic rings. The number of hydrogen-bond donors (Lipinski definition) is 0. The van der Waals surface area contributed by atoms with Gasteiger partial charge in [-0.25, -0.2) is 9.97 Å². The Labute approximate surface area is 280 Å². The Hall–Kier alpha value is -4.82. The first-order valence-electron chi connectivity index (χ1n) is 16.6. The van der Waals surface area contributed by atoms with Crippen molar-refractivity contribution in [2.75, 3.05) is 33.5 Å². The molecule has 6 bridgehead atoms. The van der Waals surface area contributed by atoms with Gasteiger partial charge in [-0.15, -0.1) is 0 Å². The number of imidazole rings is 1. The van der Waals surface area contributed by atoms with Crippen LogP contribution in [0.5, 0.6) is 11.6 Å². The highest BCUT2D eigenvalue weighted by atomic mass is 16.5. The van der Waals surface area contributed by atoms with Gasteiger partial charge in [-0.05, 0) is 65.9 Å². The monoisotopic (exact) mass is 645 g/mol. The number of rotatable bonds is 9. The SMILES string of the molecule is CCc1cc(OCCOC)c2nc(Cc3ccc4cc3COCCc3nc(ccc3C#N)COc3cccc-4n3)n(C[C@@H]3CCO3)c2c1. The normalized spacial score (nSPS) is 15.9. The molecular weight excluding hydrogens is 606 g/mol. The second-order valence-corrected chi connectivity index (χ2v) is 12.1. The molecule has 0 unspecified atom stereocenters. The molecule has 246 valence electrons. The highest BCUT2D eigenvalue weighted by molar-refractivity contribution is 5.84. The zero-order valence-electron chi connectivity index (χ0n) is 27.4. The molecule has 0 saturated carbocycles. The third kappa shape index (κ3) is 6.90. The number of methoxy groups -OCH3 is 1. The van der Waals surface area contributed by atoms with Crippen LogP contribution in [0.1, 0.15) is 52.8 Å². The summed E-state index contributed by atoms with van der Waals surface area (Å²) in [7, 11) is 1.67. The molecule has 0 N–H and O–H groups in total. The van der Waals surface area contributed by atoms with Crippen LogP contribution in [0.15, 0.2) is 60.7 Å². The standard InChI is InChI=1S/C38H39N5O5/c1-3-25-17-34-38(35(18-25)47-16-15-44-2)42-36(43(34)22-31-11-14-46-31)20-26-7-8-27-19-29(26)23-45-13-12-33-28(21-39)9-10-30(40-33)24-48-37-6-4-5-32(27)41-37/h4-10,17-19,31H,3,11-16,20,22-24H2,1-2H3/t31-/m0/s1. The van der Waals surface area contributed by atoms with E-state index in [1.165, 1.54) is 5.56 Å². The van der Waals surface area contributed by atoms with Gasteiger partial charge in [0.1, 0.15) is 36.4 Å². The van der Waals surface area contributed by atoms with Crippen molar-refractivity contribution in [3.63, 3.8) is 0 Å². The lowest BCUT2D eigenvalue weighted by Crippen LogP contribution is -2.31. The Morgan fingerprint density at radius 1 is 1.00 bits per heavy atom. The van der Waals surface area contributed by atoms with Crippen molar-refractivity contribution in [1.29, 1.82) is 5.26 Å². The molecule has 0 radical (unpaired) electrons. The van der Waals surface area contributed by atoms with Crippen LogP contribution in [0.4, 0.5) is 0 Å². The van der Waals surface area contributed by atoms with Gasteiger partial charge < -0.3 is 28.3 Å². The van der Waals surface area contributed by atoms with Gasteiger partial charge in [0, 0.05) is 38.2 Å². The summed E-state index contributed by atoms with van der Waals surface area (Å²) in [5.41, 5.74) is 9.01. The first-order chi connectivity index (χ1) is 23.6. The summed E-state index contributed by atoms with van der Waals surface area (Å²) in [5.74, 6) is 2.23. The van der Waals surface area contributed by atoms with Gasteiger partial charge in [0.25, 0.3) is 0 Å². The molecule has 10 nitrogen and oxygen atoms in total. The smallest absolute Gasteiger partial charge is 0.214 e. The van der Waals surface area contributed by atoms with Crippen LogP contribution in [-0.4, -0.2) is 59.2 Å². The summed E-state index contributed by atoms with van der Waals surface area (Å²) in [4.78, 5) is 14.7. The van der Waals surface area contributed by atoms with Crippen molar-refractivity contribution in [1.82, 2.24) is 19.5 Å². The number of nitrogens with zero attached hydrogens (tertiary/aromatic N) is 5. The first-order valence-corrected chi connectivity index (χ1v) is 16.6. The molecule has 7 rings (SSSR count). The minimum atomic E-state index is 0.156. The lowest BCUT2D eigenvalue weighted by Gasteiger charge is -2.27. The van der Waals surface area contributed by atoms with Crippen molar-refractivity contribution >= 4 is 11.0 Å². The lowest BCUT2D eigenvalue weighted by molar-refractivity contribution is -0.0589. The molecule has 10 heteroatoms. The van der Waals surface area contributed by atoms with Crippen LogP contribution in [0.2, 0.25) is 0 Å². The van der Waals surface area contributed by atoms with Crippen molar-refractivity contribution in [3.8, 4) is 29.0 Å². The molecule has 2 aromatic carbocycles. The van der Waals surface area contributed by atoms with Crippen molar-refractivity contribution < 1.29 is 23.7 Å². The number of aromatic nitrogens is 4. The van der Waals surface area contributed by atoms with E-state index >= 15 is 0 Å². The largest absolute Gasteiger partial charge is 0.489 e. The molecule has 1 atom stereocenters. The highest BCUT2D eigenvalue weighted by Crippen LogP contribution is 2.32. The van der Waals surface area contributed by atoms with Crippen LogP contribution in [0, 0.1) is 11.3 Å². The van der Waals surface area contributed by atoms with Gasteiger partial charge in [0.05, 0.1) is 60.6 Å². The molecule has 0 aliphatic carbocycles. The molecule has 2 aliphatic rings. The minimum absolute atomic E-state index is 0.156. The predicted octanol–water partition coefficient (Wildman–Crippen LogP) is 5.98. The van der Waals surface area contributed by atoms with E-state index in [0.717, 1.165) is 76.7 Å². The molecule has 2 aliphatic heterocycles. The average molecular weight is 646 g/mol. The second-order valence-electron chi connectivity index (χ2n) is 12.1. The summed E-state index contributed by atoms with van der Waals surface area (Å²) in [6.45, 7) is 5.68. The number of hydrogen-bond acceptors (Lipinski definition) is 9. The fourth-order valence-corrected chi connectivity index (χ4v) is 6.15. The van der Waals surface area contributed by atoms with Gasteiger partial charge in [-0.3, -0.25) is 4.98 Å². The maximum Gasteiger partial charge on any atom is 0.214 e. The first kappa shape index (κ1) is 31.8. The van der Waals surface area contributed by atoms with E-state index in [1.54, 1.807) is 13.2 Å². The number of pyridine rings is 2. The van der Waals surface area contributed by atoms with E-state index in [2.05, 4.69) is 47.9 Å². The Kier molecular flexibility index (Phi) is 9.61.